The molecular formula is C18H22N2O2S. The minimum Gasteiger partial charge on any atom is -0.371 e. The van der Waals surface area contributed by atoms with Crippen LogP contribution in [0.5, 0.6) is 0 Å². The Morgan fingerprint density at radius 3 is 2.78 bits per heavy atom. The highest BCUT2D eigenvalue weighted by molar-refractivity contribution is 7.13. The Balaban J connectivity index is 1.58. The second-order valence-electron chi connectivity index (χ2n) is 5.99. The lowest BCUT2D eigenvalue weighted by Gasteiger charge is -2.21. The van der Waals surface area contributed by atoms with Crippen molar-refractivity contribution in [3.63, 3.8) is 0 Å². The summed E-state index contributed by atoms with van der Waals surface area (Å²) in [4.78, 5) is 17.5. The molecule has 0 aliphatic heterocycles. The summed E-state index contributed by atoms with van der Waals surface area (Å²) in [5.41, 5.74) is 1.98. The quantitative estimate of drug-likeness (QED) is 0.911. The van der Waals surface area contributed by atoms with Crippen molar-refractivity contribution in [3.05, 3.63) is 51.5 Å². The van der Waals surface area contributed by atoms with Crippen molar-refractivity contribution in [1.82, 2.24) is 10.3 Å². The van der Waals surface area contributed by atoms with Gasteiger partial charge in [0, 0.05) is 0 Å². The number of nitrogens with one attached hydrogen (secondary N) is 1. The first kappa shape index (κ1) is 16.1. The van der Waals surface area contributed by atoms with Crippen LogP contribution >= 0.6 is 11.3 Å². The van der Waals surface area contributed by atoms with Crippen LogP contribution in [0.4, 0.5) is 0 Å². The van der Waals surface area contributed by atoms with Gasteiger partial charge in [-0.1, -0.05) is 30.3 Å². The Kier molecular flexibility index (Phi) is 5.08. The van der Waals surface area contributed by atoms with Crippen LogP contribution in [0.1, 0.15) is 45.2 Å². The van der Waals surface area contributed by atoms with Crippen molar-refractivity contribution in [1.29, 1.82) is 0 Å². The number of amides is 1. The van der Waals surface area contributed by atoms with Gasteiger partial charge in [0.1, 0.15) is 4.88 Å². The monoisotopic (exact) mass is 330 g/mol. The molecule has 2 aromatic rings. The van der Waals surface area contributed by atoms with Gasteiger partial charge in [-0.05, 0) is 38.7 Å². The maximum absolute atomic E-state index is 12.5. The van der Waals surface area contributed by atoms with Gasteiger partial charge in [-0.3, -0.25) is 4.79 Å². The number of hydrogen-bond acceptors (Lipinski definition) is 4. The maximum atomic E-state index is 12.5. The number of thiazole rings is 1. The van der Waals surface area contributed by atoms with E-state index in [1.165, 1.54) is 16.9 Å². The molecule has 122 valence electrons. The second kappa shape index (κ2) is 7.23. The molecule has 5 heteroatoms. The summed E-state index contributed by atoms with van der Waals surface area (Å²) in [7, 11) is 0. The Hall–Kier alpha value is -1.72. The summed E-state index contributed by atoms with van der Waals surface area (Å²) >= 11 is 1.45. The number of benzene rings is 1. The third-order valence-corrected chi connectivity index (χ3v) is 5.26. The summed E-state index contributed by atoms with van der Waals surface area (Å²) in [6.45, 7) is 4.41. The Morgan fingerprint density at radius 2 is 2.09 bits per heavy atom. The molecule has 1 heterocycles. The summed E-state index contributed by atoms with van der Waals surface area (Å²) in [6, 6.07) is 10.2. The molecule has 1 aliphatic rings. The molecule has 0 radical (unpaired) electrons. The standard InChI is InChI=1S/C18H22N2O2S/c1-12-17(23-13(2)19-12)18(21)20-15-9-6-10-16(15)22-11-14-7-4-3-5-8-14/h3-5,7-8,15-16H,6,9-11H2,1-2H3,(H,20,21)/t15-,16-/m1/s1. The fourth-order valence-electron chi connectivity index (χ4n) is 3.04. The average Bonchev–Trinajstić information content (AvgIpc) is 3.12. The zero-order chi connectivity index (χ0) is 16.2. The third-order valence-electron chi connectivity index (χ3n) is 4.19. The summed E-state index contributed by atoms with van der Waals surface area (Å²) in [6.07, 6.45) is 3.15. The Morgan fingerprint density at radius 1 is 1.30 bits per heavy atom. The highest BCUT2D eigenvalue weighted by Crippen LogP contribution is 2.25. The first-order valence-corrected chi connectivity index (χ1v) is 8.85. The van der Waals surface area contributed by atoms with Crippen molar-refractivity contribution >= 4 is 17.2 Å². The minimum atomic E-state index is -0.0201. The zero-order valence-electron chi connectivity index (χ0n) is 13.5. The van der Waals surface area contributed by atoms with Gasteiger partial charge >= 0.3 is 0 Å². The van der Waals surface area contributed by atoms with Gasteiger partial charge in [0.15, 0.2) is 0 Å². The molecule has 1 aromatic heterocycles. The van der Waals surface area contributed by atoms with Crippen LogP contribution in [0.25, 0.3) is 0 Å². The van der Waals surface area contributed by atoms with Gasteiger partial charge in [-0.15, -0.1) is 11.3 Å². The average molecular weight is 330 g/mol. The number of ether oxygens (including phenoxy) is 1. The van der Waals surface area contributed by atoms with Gasteiger partial charge in [-0.2, -0.15) is 0 Å². The van der Waals surface area contributed by atoms with E-state index in [1.54, 1.807) is 0 Å². The molecule has 0 saturated heterocycles. The predicted molar refractivity (Wildman–Crippen MR) is 91.7 cm³/mol. The molecule has 3 rings (SSSR count). The van der Waals surface area contributed by atoms with Gasteiger partial charge < -0.3 is 10.1 Å². The number of nitrogens with zero attached hydrogens (tertiary/aromatic N) is 1. The summed E-state index contributed by atoms with van der Waals surface area (Å²) in [5, 5.41) is 4.07. The largest absolute Gasteiger partial charge is 0.371 e. The molecule has 0 bridgehead atoms. The lowest BCUT2D eigenvalue weighted by Crippen LogP contribution is -2.41. The molecule has 1 aromatic carbocycles. The summed E-state index contributed by atoms with van der Waals surface area (Å²) in [5.74, 6) is -0.0201. The van der Waals surface area contributed by atoms with Crippen LogP contribution in [0, 0.1) is 13.8 Å². The first-order valence-electron chi connectivity index (χ1n) is 8.04. The van der Waals surface area contributed by atoms with Crippen LogP contribution in [0.15, 0.2) is 30.3 Å². The van der Waals surface area contributed by atoms with Crippen LogP contribution in [-0.2, 0) is 11.3 Å². The molecule has 1 N–H and O–H groups in total. The first-order chi connectivity index (χ1) is 11.1. The zero-order valence-corrected chi connectivity index (χ0v) is 14.4. The molecule has 0 unspecified atom stereocenters. The van der Waals surface area contributed by atoms with E-state index in [1.807, 2.05) is 32.0 Å². The number of rotatable bonds is 5. The highest BCUT2D eigenvalue weighted by Gasteiger charge is 2.30. The van der Waals surface area contributed by atoms with Crippen LogP contribution in [0.2, 0.25) is 0 Å². The smallest absolute Gasteiger partial charge is 0.263 e. The van der Waals surface area contributed by atoms with E-state index >= 15 is 0 Å². The summed E-state index contributed by atoms with van der Waals surface area (Å²) < 4.78 is 6.05. The van der Waals surface area contributed by atoms with Crippen LogP contribution in [-0.4, -0.2) is 23.0 Å². The van der Waals surface area contributed by atoms with Gasteiger partial charge in [0.2, 0.25) is 0 Å². The molecule has 1 fully saturated rings. The van der Waals surface area contributed by atoms with Gasteiger partial charge in [0.05, 0.1) is 29.5 Å². The Labute approximate surface area is 140 Å². The lowest BCUT2D eigenvalue weighted by atomic mass is 10.2. The normalized spacial score (nSPS) is 20.6. The van der Waals surface area contributed by atoms with Crippen molar-refractivity contribution in [3.8, 4) is 0 Å². The number of aryl methyl sites for hydroxylation is 2. The predicted octanol–water partition coefficient (Wildman–Crippen LogP) is 3.63. The number of carbonyl (C=O) groups excluding carboxylic acids is 1. The topological polar surface area (TPSA) is 51.2 Å². The fourth-order valence-corrected chi connectivity index (χ4v) is 3.87. The van der Waals surface area contributed by atoms with E-state index in [-0.39, 0.29) is 18.1 Å². The van der Waals surface area contributed by atoms with E-state index in [4.69, 9.17) is 4.74 Å². The lowest BCUT2D eigenvalue weighted by molar-refractivity contribution is 0.0272. The van der Waals surface area contributed by atoms with Gasteiger partial charge in [0.25, 0.3) is 5.91 Å². The van der Waals surface area contributed by atoms with Crippen molar-refractivity contribution in [2.45, 2.75) is 51.9 Å². The van der Waals surface area contributed by atoms with E-state index in [9.17, 15) is 4.79 Å². The number of carbonyl (C=O) groups is 1. The third kappa shape index (κ3) is 3.98. The molecule has 2 atom stereocenters. The fraction of sp³-hybridized carbons (Fsp3) is 0.444. The van der Waals surface area contributed by atoms with Crippen LogP contribution < -0.4 is 5.32 Å². The maximum Gasteiger partial charge on any atom is 0.263 e. The highest BCUT2D eigenvalue weighted by atomic mass is 32.1. The Bertz CT molecular complexity index is 669. The second-order valence-corrected chi connectivity index (χ2v) is 7.20. The molecule has 1 saturated carbocycles. The molecule has 23 heavy (non-hydrogen) atoms. The van der Waals surface area contributed by atoms with Crippen LogP contribution in [0.3, 0.4) is 0 Å². The SMILES string of the molecule is Cc1nc(C)c(C(=O)N[C@@H]2CCC[C@H]2OCc2ccccc2)s1. The van der Waals surface area contributed by atoms with Gasteiger partial charge in [-0.25, -0.2) is 4.98 Å². The van der Waals surface area contributed by atoms with Crippen molar-refractivity contribution in [2.24, 2.45) is 0 Å². The molecule has 4 nitrogen and oxygen atoms in total. The number of aromatic nitrogens is 1. The van der Waals surface area contributed by atoms with E-state index in [0.717, 1.165) is 34.8 Å². The minimum absolute atomic E-state index is 0.0201. The molecule has 1 amide bonds. The van der Waals surface area contributed by atoms with E-state index < -0.39 is 0 Å². The van der Waals surface area contributed by atoms with Crippen molar-refractivity contribution < 1.29 is 9.53 Å². The molecule has 1 aliphatic carbocycles. The molecule has 0 spiro atoms. The molecular weight excluding hydrogens is 308 g/mol. The van der Waals surface area contributed by atoms with E-state index in [0.29, 0.717) is 6.61 Å². The van der Waals surface area contributed by atoms with Crippen molar-refractivity contribution in [2.75, 3.05) is 0 Å². The van der Waals surface area contributed by atoms with E-state index in [2.05, 4.69) is 22.4 Å². The number of hydrogen-bond donors (Lipinski definition) is 1.